The van der Waals surface area contributed by atoms with Crippen LogP contribution in [-0.2, 0) is 6.42 Å². The second kappa shape index (κ2) is 3.90. The highest BCUT2D eigenvalue weighted by molar-refractivity contribution is 5.47. The topological polar surface area (TPSA) is 29.5 Å². The zero-order valence-electron chi connectivity index (χ0n) is 9.68. The highest BCUT2D eigenvalue weighted by Gasteiger charge is 2.21. The Bertz CT molecular complexity index is 561. The number of benzene rings is 2. The van der Waals surface area contributed by atoms with Crippen LogP contribution < -0.4 is 4.74 Å². The van der Waals surface area contributed by atoms with E-state index in [2.05, 4.69) is 0 Å². The molecule has 3 rings (SSSR count). The van der Waals surface area contributed by atoms with Crippen molar-refractivity contribution in [2.24, 2.45) is 0 Å². The number of fused-ring (bicyclic) bond motifs is 2. The molecule has 0 bridgehead atoms. The molecule has 17 heavy (non-hydrogen) atoms. The summed E-state index contributed by atoms with van der Waals surface area (Å²) in [7, 11) is 0. The van der Waals surface area contributed by atoms with E-state index >= 15 is 0 Å². The smallest absolute Gasteiger partial charge is 0.133 e. The summed E-state index contributed by atoms with van der Waals surface area (Å²) >= 11 is 0. The largest absolute Gasteiger partial charge is 0.457 e. The summed E-state index contributed by atoms with van der Waals surface area (Å²) in [6.45, 7) is 2.02. The van der Waals surface area contributed by atoms with Gasteiger partial charge in [0.05, 0.1) is 6.10 Å². The Kier molecular flexibility index (Phi) is 2.37. The van der Waals surface area contributed by atoms with Gasteiger partial charge >= 0.3 is 0 Å². The molecule has 2 aromatic carbocycles. The van der Waals surface area contributed by atoms with Gasteiger partial charge in [-0.25, -0.2) is 0 Å². The maximum atomic E-state index is 10.2. The lowest BCUT2D eigenvalue weighted by Gasteiger charge is -2.11. The van der Waals surface area contributed by atoms with Crippen LogP contribution in [0, 0.1) is 6.92 Å². The molecule has 0 spiro atoms. The van der Waals surface area contributed by atoms with Gasteiger partial charge in [0.15, 0.2) is 0 Å². The maximum Gasteiger partial charge on any atom is 0.133 e. The fourth-order valence-corrected chi connectivity index (χ4v) is 2.21. The second-order valence-corrected chi connectivity index (χ2v) is 4.47. The Labute approximate surface area is 100 Å². The molecule has 0 saturated heterocycles. The molecule has 1 heterocycles. The van der Waals surface area contributed by atoms with E-state index in [1.807, 2.05) is 49.4 Å². The van der Waals surface area contributed by atoms with Crippen LogP contribution in [0.15, 0.2) is 42.5 Å². The molecular formula is C15H14O2. The average Bonchev–Trinajstić information content (AvgIpc) is 2.44. The third kappa shape index (κ3) is 1.81. The molecule has 0 aromatic heterocycles. The number of hydrogen-bond acceptors (Lipinski definition) is 2. The molecule has 2 heteroatoms. The van der Waals surface area contributed by atoms with Gasteiger partial charge in [-0.2, -0.15) is 0 Å². The van der Waals surface area contributed by atoms with Gasteiger partial charge in [-0.3, -0.25) is 0 Å². The highest BCUT2D eigenvalue weighted by atomic mass is 16.5. The molecule has 86 valence electrons. The van der Waals surface area contributed by atoms with Gasteiger partial charge in [0.2, 0.25) is 0 Å². The SMILES string of the molecule is Cc1ccc2c(c1)Oc1ccccc1CC2O. The molecular weight excluding hydrogens is 212 g/mol. The maximum absolute atomic E-state index is 10.2. The minimum atomic E-state index is -0.491. The molecule has 1 aliphatic heterocycles. The zero-order valence-corrected chi connectivity index (χ0v) is 9.68. The van der Waals surface area contributed by atoms with Crippen LogP contribution in [0.4, 0.5) is 0 Å². The van der Waals surface area contributed by atoms with Gasteiger partial charge in [0.25, 0.3) is 0 Å². The van der Waals surface area contributed by atoms with E-state index in [4.69, 9.17) is 4.74 Å². The predicted octanol–water partition coefficient (Wildman–Crippen LogP) is 3.38. The summed E-state index contributed by atoms with van der Waals surface area (Å²) in [5, 5.41) is 10.2. The van der Waals surface area contributed by atoms with E-state index < -0.39 is 6.10 Å². The van der Waals surface area contributed by atoms with Crippen molar-refractivity contribution in [3.05, 3.63) is 59.2 Å². The first-order valence-electron chi connectivity index (χ1n) is 5.78. The molecule has 0 radical (unpaired) electrons. The van der Waals surface area contributed by atoms with Crippen molar-refractivity contribution >= 4 is 0 Å². The van der Waals surface area contributed by atoms with Gasteiger partial charge < -0.3 is 9.84 Å². The van der Waals surface area contributed by atoms with Crippen molar-refractivity contribution < 1.29 is 9.84 Å². The molecule has 2 nitrogen and oxygen atoms in total. The number of aryl methyl sites for hydroxylation is 1. The quantitative estimate of drug-likeness (QED) is 0.746. The Hall–Kier alpha value is -1.80. The van der Waals surface area contributed by atoms with Crippen molar-refractivity contribution in [1.82, 2.24) is 0 Å². The Morgan fingerprint density at radius 3 is 2.82 bits per heavy atom. The van der Waals surface area contributed by atoms with Gasteiger partial charge in [0.1, 0.15) is 11.5 Å². The first-order chi connectivity index (χ1) is 8.24. The van der Waals surface area contributed by atoms with Gasteiger partial charge in [-0.1, -0.05) is 30.3 Å². The van der Waals surface area contributed by atoms with Crippen LogP contribution in [0.25, 0.3) is 0 Å². The molecule has 1 atom stereocenters. The number of rotatable bonds is 0. The van der Waals surface area contributed by atoms with Crippen molar-refractivity contribution in [3.63, 3.8) is 0 Å². The van der Waals surface area contributed by atoms with Crippen LogP contribution in [0.5, 0.6) is 11.5 Å². The third-order valence-corrected chi connectivity index (χ3v) is 3.13. The van der Waals surface area contributed by atoms with E-state index in [-0.39, 0.29) is 0 Å². The zero-order chi connectivity index (χ0) is 11.8. The lowest BCUT2D eigenvalue weighted by molar-refractivity contribution is 0.178. The van der Waals surface area contributed by atoms with Gasteiger partial charge in [0, 0.05) is 12.0 Å². The molecule has 2 aromatic rings. The van der Waals surface area contributed by atoms with Crippen molar-refractivity contribution in [2.45, 2.75) is 19.4 Å². The van der Waals surface area contributed by atoms with Crippen molar-refractivity contribution in [3.8, 4) is 11.5 Å². The first-order valence-corrected chi connectivity index (χ1v) is 5.78. The minimum absolute atomic E-state index is 0.491. The van der Waals surface area contributed by atoms with Crippen molar-refractivity contribution in [2.75, 3.05) is 0 Å². The number of hydrogen-bond donors (Lipinski definition) is 1. The lowest BCUT2D eigenvalue weighted by Crippen LogP contribution is -1.99. The molecule has 1 N–H and O–H groups in total. The normalized spacial score (nSPS) is 17.6. The van der Waals surface area contributed by atoms with Crippen LogP contribution in [0.3, 0.4) is 0 Å². The number of ether oxygens (including phenoxy) is 1. The Morgan fingerprint density at radius 1 is 1.12 bits per heavy atom. The molecule has 0 amide bonds. The summed E-state index contributed by atoms with van der Waals surface area (Å²) < 4.78 is 5.89. The summed E-state index contributed by atoms with van der Waals surface area (Å²) in [4.78, 5) is 0. The standard InChI is InChI=1S/C15H14O2/c1-10-6-7-12-13(16)9-11-4-2-3-5-14(11)17-15(12)8-10/h2-8,13,16H,9H2,1H3. The third-order valence-electron chi connectivity index (χ3n) is 3.13. The van der Waals surface area contributed by atoms with Crippen LogP contribution in [0.1, 0.15) is 22.8 Å². The van der Waals surface area contributed by atoms with Crippen LogP contribution in [-0.4, -0.2) is 5.11 Å². The fraction of sp³-hybridized carbons (Fsp3) is 0.200. The van der Waals surface area contributed by atoms with Crippen LogP contribution in [0.2, 0.25) is 0 Å². The predicted molar refractivity (Wildman–Crippen MR) is 66.4 cm³/mol. The summed E-state index contributed by atoms with van der Waals surface area (Å²) in [5.74, 6) is 1.61. The van der Waals surface area contributed by atoms with E-state index in [9.17, 15) is 5.11 Å². The first kappa shape index (κ1) is 10.4. The Morgan fingerprint density at radius 2 is 1.94 bits per heavy atom. The van der Waals surface area contributed by atoms with Crippen molar-refractivity contribution in [1.29, 1.82) is 0 Å². The lowest BCUT2D eigenvalue weighted by atomic mass is 10.0. The molecule has 0 fully saturated rings. The fourth-order valence-electron chi connectivity index (χ4n) is 2.21. The monoisotopic (exact) mass is 226 g/mol. The van der Waals surface area contributed by atoms with Gasteiger partial charge in [-0.05, 0) is 30.2 Å². The van der Waals surface area contributed by atoms with E-state index in [0.717, 1.165) is 28.2 Å². The number of para-hydroxylation sites is 1. The molecule has 1 unspecified atom stereocenters. The molecule has 0 saturated carbocycles. The van der Waals surface area contributed by atoms with Gasteiger partial charge in [-0.15, -0.1) is 0 Å². The van der Waals surface area contributed by atoms with E-state index in [1.54, 1.807) is 0 Å². The summed E-state index contributed by atoms with van der Waals surface area (Å²) in [6, 6.07) is 13.8. The average molecular weight is 226 g/mol. The van der Waals surface area contributed by atoms with E-state index in [0.29, 0.717) is 6.42 Å². The summed E-state index contributed by atoms with van der Waals surface area (Å²) in [6.07, 6.45) is 0.112. The summed E-state index contributed by atoms with van der Waals surface area (Å²) in [5.41, 5.74) is 3.05. The second-order valence-electron chi connectivity index (χ2n) is 4.47. The molecule has 0 aliphatic carbocycles. The number of aliphatic hydroxyl groups is 1. The Balaban J connectivity index is 2.15. The van der Waals surface area contributed by atoms with E-state index in [1.165, 1.54) is 0 Å². The highest BCUT2D eigenvalue weighted by Crippen LogP contribution is 2.38. The minimum Gasteiger partial charge on any atom is -0.457 e. The van der Waals surface area contributed by atoms with Crippen LogP contribution >= 0.6 is 0 Å². The number of aliphatic hydroxyl groups excluding tert-OH is 1. The molecule has 1 aliphatic rings.